The first kappa shape index (κ1) is 17.0. The molecule has 0 bridgehead atoms. The number of nitrogens with two attached hydrogens (primary N) is 1. The molecule has 2 aromatic heterocycles. The van der Waals surface area contributed by atoms with Crippen molar-refractivity contribution in [2.24, 2.45) is 0 Å². The first-order valence-corrected chi connectivity index (χ1v) is 9.58. The van der Waals surface area contributed by atoms with Crippen molar-refractivity contribution in [1.82, 2.24) is 19.6 Å². The lowest BCUT2D eigenvalue weighted by Crippen LogP contribution is -2.13. The Labute approximate surface area is 155 Å². The van der Waals surface area contributed by atoms with Crippen LogP contribution in [0, 0.1) is 6.92 Å². The highest BCUT2D eigenvalue weighted by molar-refractivity contribution is 7.92. The Morgan fingerprint density at radius 3 is 2.63 bits per heavy atom. The van der Waals surface area contributed by atoms with Crippen LogP contribution in [0.1, 0.15) is 5.56 Å². The summed E-state index contributed by atoms with van der Waals surface area (Å²) >= 11 is 0. The maximum absolute atomic E-state index is 12.6. The van der Waals surface area contributed by atoms with Crippen LogP contribution in [0.2, 0.25) is 0 Å². The Kier molecular flexibility index (Phi) is 4.00. The molecule has 27 heavy (non-hydrogen) atoms. The van der Waals surface area contributed by atoms with Gasteiger partial charge in [-0.25, -0.2) is 13.4 Å². The highest BCUT2D eigenvalue weighted by atomic mass is 32.2. The van der Waals surface area contributed by atoms with Gasteiger partial charge in [0.2, 0.25) is 5.95 Å². The topological polar surface area (TPSA) is 115 Å². The molecule has 136 valence electrons. The summed E-state index contributed by atoms with van der Waals surface area (Å²) in [5, 5.41) is 4.13. The smallest absolute Gasteiger partial charge is 0.261 e. The van der Waals surface area contributed by atoms with Crippen LogP contribution in [0.3, 0.4) is 0 Å². The van der Waals surface area contributed by atoms with Gasteiger partial charge in [0.15, 0.2) is 11.5 Å². The molecule has 0 saturated carbocycles. The Balaban J connectivity index is 1.71. The molecule has 9 heteroatoms. The third-order valence-electron chi connectivity index (χ3n) is 3.97. The van der Waals surface area contributed by atoms with Crippen molar-refractivity contribution < 1.29 is 8.42 Å². The number of nitrogen functional groups attached to an aromatic ring is 1. The Bertz CT molecular complexity index is 1230. The zero-order valence-corrected chi connectivity index (χ0v) is 15.2. The van der Waals surface area contributed by atoms with Crippen LogP contribution in [0.15, 0.2) is 65.7 Å². The van der Waals surface area contributed by atoms with E-state index in [4.69, 9.17) is 5.73 Å². The normalized spacial score (nSPS) is 11.6. The van der Waals surface area contributed by atoms with Crippen molar-refractivity contribution in [2.75, 3.05) is 10.5 Å². The van der Waals surface area contributed by atoms with Gasteiger partial charge in [-0.3, -0.25) is 4.72 Å². The number of aryl methyl sites for hydroxylation is 1. The van der Waals surface area contributed by atoms with E-state index < -0.39 is 10.0 Å². The van der Waals surface area contributed by atoms with E-state index in [9.17, 15) is 8.42 Å². The maximum atomic E-state index is 12.6. The van der Waals surface area contributed by atoms with Gasteiger partial charge in [-0.15, -0.1) is 5.10 Å². The minimum atomic E-state index is -3.69. The number of fused-ring (bicyclic) bond motifs is 1. The molecule has 4 aromatic rings. The third-order valence-corrected chi connectivity index (χ3v) is 5.37. The Hall–Kier alpha value is -3.46. The van der Waals surface area contributed by atoms with E-state index in [2.05, 4.69) is 19.8 Å². The molecule has 4 rings (SSSR count). The second-order valence-corrected chi connectivity index (χ2v) is 7.69. The van der Waals surface area contributed by atoms with Crippen LogP contribution in [-0.4, -0.2) is 28.0 Å². The SMILES string of the molecule is Cc1ccc(S(=O)(=O)Nc2cccc(-c3nccc4nc(N)nn34)c2)cc1. The number of rotatable bonds is 4. The van der Waals surface area contributed by atoms with Gasteiger partial charge < -0.3 is 5.73 Å². The summed E-state index contributed by atoms with van der Waals surface area (Å²) in [4.78, 5) is 8.63. The predicted molar refractivity (Wildman–Crippen MR) is 103 cm³/mol. The molecule has 0 unspecified atom stereocenters. The number of hydrogen-bond acceptors (Lipinski definition) is 6. The lowest BCUT2D eigenvalue weighted by atomic mass is 10.2. The molecular formula is C18H16N6O2S. The lowest BCUT2D eigenvalue weighted by molar-refractivity contribution is 0.601. The van der Waals surface area contributed by atoms with Gasteiger partial charge in [-0.05, 0) is 31.2 Å². The maximum Gasteiger partial charge on any atom is 0.261 e. The number of nitrogens with zero attached hydrogens (tertiary/aromatic N) is 4. The zero-order valence-electron chi connectivity index (χ0n) is 14.4. The van der Waals surface area contributed by atoms with Crippen LogP contribution in [0.25, 0.3) is 17.0 Å². The minimum absolute atomic E-state index is 0.139. The summed E-state index contributed by atoms with van der Waals surface area (Å²) in [6, 6.07) is 15.2. The molecule has 8 nitrogen and oxygen atoms in total. The Morgan fingerprint density at radius 2 is 1.85 bits per heavy atom. The van der Waals surface area contributed by atoms with Crippen molar-refractivity contribution >= 4 is 27.3 Å². The van der Waals surface area contributed by atoms with Crippen LogP contribution in [0.4, 0.5) is 11.6 Å². The number of benzene rings is 2. The van der Waals surface area contributed by atoms with Gasteiger partial charge in [0, 0.05) is 23.5 Å². The summed E-state index contributed by atoms with van der Waals surface area (Å²) in [6.45, 7) is 1.90. The average Bonchev–Trinajstić information content (AvgIpc) is 3.02. The fourth-order valence-corrected chi connectivity index (χ4v) is 3.73. The molecular weight excluding hydrogens is 364 g/mol. The summed E-state index contributed by atoms with van der Waals surface area (Å²) in [6.07, 6.45) is 1.60. The molecule has 0 aliphatic carbocycles. The molecule has 2 aromatic carbocycles. The largest absolute Gasteiger partial charge is 0.366 e. The first-order chi connectivity index (χ1) is 12.9. The van der Waals surface area contributed by atoms with E-state index in [1.54, 1.807) is 54.7 Å². The van der Waals surface area contributed by atoms with Crippen molar-refractivity contribution in [3.05, 3.63) is 66.4 Å². The van der Waals surface area contributed by atoms with Crippen molar-refractivity contribution in [3.63, 3.8) is 0 Å². The second-order valence-electron chi connectivity index (χ2n) is 6.01. The number of sulfonamides is 1. The number of nitrogens with one attached hydrogen (secondary N) is 1. The zero-order chi connectivity index (χ0) is 19.0. The van der Waals surface area contributed by atoms with Crippen molar-refractivity contribution in [2.45, 2.75) is 11.8 Å². The summed E-state index contributed by atoms with van der Waals surface area (Å²) in [5.74, 6) is 0.647. The molecule has 0 radical (unpaired) electrons. The van der Waals surface area contributed by atoms with Gasteiger partial charge in [0.25, 0.3) is 10.0 Å². The summed E-state index contributed by atoms with van der Waals surface area (Å²) in [5.41, 5.74) is 8.30. The molecule has 0 spiro atoms. The standard InChI is InChI=1S/C18H16N6O2S/c1-12-5-7-15(8-6-12)27(25,26)23-14-4-2-3-13(11-14)17-20-10-9-16-21-18(19)22-24(16)17/h2-11,23H,1H3,(H2,19,22). The molecule has 0 aliphatic heterocycles. The van der Waals surface area contributed by atoms with E-state index in [1.807, 2.05) is 13.0 Å². The van der Waals surface area contributed by atoms with Gasteiger partial charge in [-0.2, -0.15) is 9.50 Å². The minimum Gasteiger partial charge on any atom is -0.366 e. The number of hydrogen-bond donors (Lipinski definition) is 2. The molecule has 0 saturated heterocycles. The van der Waals surface area contributed by atoms with E-state index in [0.717, 1.165) is 5.56 Å². The van der Waals surface area contributed by atoms with Gasteiger partial charge in [0.1, 0.15) is 0 Å². The summed E-state index contributed by atoms with van der Waals surface area (Å²) < 4.78 is 29.3. The quantitative estimate of drug-likeness (QED) is 0.562. The summed E-state index contributed by atoms with van der Waals surface area (Å²) in [7, 11) is -3.69. The van der Waals surface area contributed by atoms with Gasteiger partial charge >= 0.3 is 0 Å². The molecule has 2 heterocycles. The molecule has 0 aliphatic rings. The third kappa shape index (κ3) is 3.32. The van der Waals surface area contributed by atoms with Crippen molar-refractivity contribution in [3.8, 4) is 11.4 Å². The molecule has 0 amide bonds. The van der Waals surface area contributed by atoms with Crippen LogP contribution < -0.4 is 10.5 Å². The predicted octanol–water partition coefficient (Wildman–Crippen LogP) is 2.48. The first-order valence-electron chi connectivity index (χ1n) is 8.09. The van der Waals surface area contributed by atoms with Crippen LogP contribution in [0.5, 0.6) is 0 Å². The highest BCUT2D eigenvalue weighted by Crippen LogP contribution is 2.23. The monoisotopic (exact) mass is 380 g/mol. The van der Waals surface area contributed by atoms with E-state index in [-0.39, 0.29) is 10.8 Å². The second kappa shape index (κ2) is 6.36. The van der Waals surface area contributed by atoms with E-state index in [1.165, 1.54) is 4.52 Å². The highest BCUT2D eigenvalue weighted by Gasteiger charge is 2.15. The van der Waals surface area contributed by atoms with Crippen LogP contribution in [-0.2, 0) is 10.0 Å². The lowest BCUT2D eigenvalue weighted by Gasteiger charge is -2.10. The van der Waals surface area contributed by atoms with Gasteiger partial charge in [-0.1, -0.05) is 29.8 Å². The van der Waals surface area contributed by atoms with Crippen molar-refractivity contribution in [1.29, 1.82) is 0 Å². The average molecular weight is 380 g/mol. The fraction of sp³-hybridized carbons (Fsp3) is 0.0556. The van der Waals surface area contributed by atoms with Crippen LogP contribution >= 0.6 is 0 Å². The number of anilines is 2. The van der Waals surface area contributed by atoms with E-state index in [0.29, 0.717) is 22.7 Å². The van der Waals surface area contributed by atoms with Gasteiger partial charge in [0.05, 0.1) is 4.90 Å². The molecule has 0 atom stereocenters. The Morgan fingerprint density at radius 1 is 1.07 bits per heavy atom. The fourth-order valence-electron chi connectivity index (χ4n) is 2.68. The van der Waals surface area contributed by atoms with E-state index >= 15 is 0 Å². The molecule has 0 fully saturated rings. The molecule has 3 N–H and O–H groups in total. The number of aromatic nitrogens is 4.